The first-order valence-corrected chi connectivity index (χ1v) is 6.14. The predicted octanol–water partition coefficient (Wildman–Crippen LogP) is 0.544. The van der Waals surface area contributed by atoms with E-state index in [1.54, 1.807) is 6.92 Å². The molecule has 0 aliphatic carbocycles. The van der Waals surface area contributed by atoms with Crippen LogP contribution < -0.4 is 11.1 Å². The number of benzene rings is 1. The molecule has 6 nitrogen and oxygen atoms in total. The van der Waals surface area contributed by atoms with E-state index in [1.807, 2.05) is 24.3 Å². The first kappa shape index (κ1) is 13.2. The summed E-state index contributed by atoms with van der Waals surface area (Å²) in [4.78, 5) is 15.7. The number of nitrogens with two attached hydrogens (primary N) is 1. The van der Waals surface area contributed by atoms with E-state index in [0.29, 0.717) is 18.9 Å². The summed E-state index contributed by atoms with van der Waals surface area (Å²) in [6.45, 7) is 2.84. The molecule has 0 aliphatic rings. The third-order valence-electron chi connectivity index (χ3n) is 2.71. The van der Waals surface area contributed by atoms with Crippen molar-refractivity contribution in [1.82, 2.24) is 20.5 Å². The molecule has 2 rings (SSSR count). The Morgan fingerprint density at radius 3 is 2.58 bits per heavy atom. The number of nitrogens with one attached hydrogen (secondary N) is 2. The molecular weight excluding hydrogens is 242 g/mol. The summed E-state index contributed by atoms with van der Waals surface area (Å²) < 4.78 is 0. The molecule has 0 aliphatic heterocycles. The number of carbonyl (C=O) groups excluding carboxylic acids is 1. The summed E-state index contributed by atoms with van der Waals surface area (Å²) in [5.74, 6) is 0.504. The molecule has 0 atom stereocenters. The van der Waals surface area contributed by atoms with Gasteiger partial charge in [-0.05, 0) is 31.0 Å². The van der Waals surface area contributed by atoms with Crippen molar-refractivity contribution in [3.8, 4) is 0 Å². The van der Waals surface area contributed by atoms with Gasteiger partial charge in [-0.25, -0.2) is 4.98 Å². The minimum Gasteiger partial charge on any atom is -0.345 e. The molecular formula is C13H17N5O. The van der Waals surface area contributed by atoms with Gasteiger partial charge in [0.25, 0.3) is 5.91 Å². The molecule has 4 N–H and O–H groups in total. The molecule has 6 heteroatoms. The van der Waals surface area contributed by atoms with E-state index in [0.717, 1.165) is 12.0 Å². The van der Waals surface area contributed by atoms with Crippen LogP contribution in [0.15, 0.2) is 24.3 Å². The average Bonchev–Trinajstić information content (AvgIpc) is 2.85. The minimum atomic E-state index is -0.282. The highest BCUT2D eigenvalue weighted by molar-refractivity contribution is 5.90. The molecule has 0 unspecified atom stereocenters. The van der Waals surface area contributed by atoms with Crippen molar-refractivity contribution in [1.29, 1.82) is 0 Å². The predicted molar refractivity (Wildman–Crippen MR) is 71.5 cm³/mol. The number of aromatic nitrogens is 3. The number of hydrogen-bond acceptors (Lipinski definition) is 4. The highest BCUT2D eigenvalue weighted by atomic mass is 16.2. The van der Waals surface area contributed by atoms with Crippen molar-refractivity contribution in [3.63, 3.8) is 0 Å². The lowest BCUT2D eigenvalue weighted by Crippen LogP contribution is -2.24. The lowest BCUT2D eigenvalue weighted by atomic mass is 10.1. The number of nitrogens with zero attached hydrogens (tertiary/aromatic N) is 2. The second-order valence-electron chi connectivity index (χ2n) is 4.28. The molecule has 1 heterocycles. The molecule has 1 aromatic heterocycles. The van der Waals surface area contributed by atoms with Gasteiger partial charge in [0.05, 0.1) is 0 Å². The molecule has 0 saturated carbocycles. The number of aryl methyl sites for hydroxylation is 1. The van der Waals surface area contributed by atoms with E-state index in [2.05, 4.69) is 20.5 Å². The summed E-state index contributed by atoms with van der Waals surface area (Å²) in [7, 11) is 0. The second-order valence-corrected chi connectivity index (χ2v) is 4.28. The number of H-pyrrole nitrogens is 1. The fraction of sp³-hybridized carbons (Fsp3) is 0.308. The Bertz CT molecular complexity index is 546. The quantitative estimate of drug-likeness (QED) is 0.730. The van der Waals surface area contributed by atoms with Crippen molar-refractivity contribution >= 4 is 5.91 Å². The third-order valence-corrected chi connectivity index (χ3v) is 2.71. The van der Waals surface area contributed by atoms with Crippen molar-refractivity contribution in [2.24, 2.45) is 5.73 Å². The molecule has 0 radical (unpaired) electrons. The Labute approximate surface area is 111 Å². The maximum absolute atomic E-state index is 11.7. The molecule has 0 saturated heterocycles. The third kappa shape index (κ3) is 3.62. The first-order valence-electron chi connectivity index (χ1n) is 6.14. The van der Waals surface area contributed by atoms with E-state index < -0.39 is 0 Å². The summed E-state index contributed by atoms with van der Waals surface area (Å²) in [5.41, 5.74) is 7.72. The second kappa shape index (κ2) is 6.10. The zero-order valence-electron chi connectivity index (χ0n) is 10.8. The van der Waals surface area contributed by atoms with Crippen LogP contribution in [0.2, 0.25) is 0 Å². The van der Waals surface area contributed by atoms with Crippen LogP contribution in [0.5, 0.6) is 0 Å². The summed E-state index contributed by atoms with van der Waals surface area (Å²) in [6, 6.07) is 8.00. The number of amides is 1. The van der Waals surface area contributed by atoms with Gasteiger partial charge in [-0.15, -0.1) is 5.10 Å². The van der Waals surface area contributed by atoms with Crippen molar-refractivity contribution in [2.45, 2.75) is 19.9 Å². The van der Waals surface area contributed by atoms with Crippen LogP contribution >= 0.6 is 0 Å². The monoisotopic (exact) mass is 259 g/mol. The van der Waals surface area contributed by atoms with Gasteiger partial charge in [0.2, 0.25) is 5.82 Å². The highest BCUT2D eigenvalue weighted by Crippen LogP contribution is 2.04. The van der Waals surface area contributed by atoms with Gasteiger partial charge in [-0.2, -0.15) is 0 Å². The van der Waals surface area contributed by atoms with Gasteiger partial charge in [0, 0.05) is 6.54 Å². The van der Waals surface area contributed by atoms with Crippen molar-refractivity contribution in [2.75, 3.05) is 6.54 Å². The molecule has 100 valence electrons. The van der Waals surface area contributed by atoms with Gasteiger partial charge in [-0.1, -0.05) is 24.3 Å². The fourth-order valence-electron chi connectivity index (χ4n) is 1.70. The minimum absolute atomic E-state index is 0.164. The van der Waals surface area contributed by atoms with Gasteiger partial charge in [0.1, 0.15) is 5.82 Å². The Kier molecular flexibility index (Phi) is 4.25. The van der Waals surface area contributed by atoms with Crippen LogP contribution in [0.25, 0.3) is 0 Å². The number of rotatable bonds is 5. The van der Waals surface area contributed by atoms with E-state index in [9.17, 15) is 4.79 Å². The Balaban J connectivity index is 1.89. The number of aromatic amines is 1. The number of carbonyl (C=O) groups is 1. The van der Waals surface area contributed by atoms with Crippen LogP contribution in [0, 0.1) is 6.92 Å². The number of hydrogen-bond donors (Lipinski definition) is 3. The van der Waals surface area contributed by atoms with Gasteiger partial charge < -0.3 is 11.1 Å². The zero-order chi connectivity index (χ0) is 13.7. The maximum Gasteiger partial charge on any atom is 0.291 e. The van der Waals surface area contributed by atoms with Crippen LogP contribution in [-0.4, -0.2) is 27.6 Å². The lowest BCUT2D eigenvalue weighted by molar-refractivity contribution is 0.0941. The Morgan fingerprint density at radius 2 is 2.00 bits per heavy atom. The summed E-state index contributed by atoms with van der Waals surface area (Å²) in [5, 5.41) is 9.21. The lowest BCUT2D eigenvalue weighted by Gasteiger charge is -2.04. The summed E-state index contributed by atoms with van der Waals surface area (Å²) in [6.07, 6.45) is 0.864. The molecule has 19 heavy (non-hydrogen) atoms. The zero-order valence-corrected chi connectivity index (χ0v) is 10.8. The molecule has 1 aromatic carbocycles. The SMILES string of the molecule is Cc1nc(C(=O)NCc2ccc(CCN)cc2)n[nH]1. The smallest absolute Gasteiger partial charge is 0.291 e. The average molecular weight is 259 g/mol. The van der Waals surface area contributed by atoms with E-state index in [1.165, 1.54) is 5.56 Å². The Morgan fingerprint density at radius 1 is 1.32 bits per heavy atom. The molecule has 2 aromatic rings. The van der Waals surface area contributed by atoms with E-state index >= 15 is 0 Å². The standard InChI is InChI=1S/C13H17N5O/c1-9-16-12(18-17-9)13(19)15-8-11-4-2-10(3-5-11)6-7-14/h2-5H,6-8,14H2,1H3,(H,15,19)(H,16,17,18). The fourth-order valence-corrected chi connectivity index (χ4v) is 1.70. The Hall–Kier alpha value is -2.21. The van der Waals surface area contributed by atoms with Crippen molar-refractivity contribution < 1.29 is 4.79 Å². The maximum atomic E-state index is 11.7. The normalized spacial score (nSPS) is 10.4. The van der Waals surface area contributed by atoms with Gasteiger partial charge in [0.15, 0.2) is 0 Å². The highest BCUT2D eigenvalue weighted by Gasteiger charge is 2.10. The van der Waals surface area contributed by atoms with E-state index in [4.69, 9.17) is 5.73 Å². The molecule has 0 bridgehead atoms. The largest absolute Gasteiger partial charge is 0.345 e. The van der Waals surface area contributed by atoms with Crippen LogP contribution in [0.1, 0.15) is 27.6 Å². The molecule has 1 amide bonds. The summed E-state index contributed by atoms with van der Waals surface area (Å²) >= 11 is 0. The van der Waals surface area contributed by atoms with Gasteiger partial charge in [-0.3, -0.25) is 9.89 Å². The van der Waals surface area contributed by atoms with Crippen LogP contribution in [0.3, 0.4) is 0 Å². The molecule has 0 spiro atoms. The van der Waals surface area contributed by atoms with Gasteiger partial charge >= 0.3 is 0 Å². The topological polar surface area (TPSA) is 96.7 Å². The van der Waals surface area contributed by atoms with E-state index in [-0.39, 0.29) is 11.7 Å². The van der Waals surface area contributed by atoms with Crippen LogP contribution in [-0.2, 0) is 13.0 Å². The van der Waals surface area contributed by atoms with Crippen LogP contribution in [0.4, 0.5) is 0 Å². The first-order chi connectivity index (χ1) is 9.19. The molecule has 0 fully saturated rings. The van der Waals surface area contributed by atoms with Crippen molar-refractivity contribution in [3.05, 3.63) is 47.0 Å².